The topological polar surface area (TPSA) is 94.9 Å². The smallest absolute Gasteiger partial charge is 0.338 e. The second-order valence-electron chi connectivity index (χ2n) is 7.60. The van der Waals surface area contributed by atoms with Crippen LogP contribution in [0, 0.1) is 19.7 Å². The molecule has 10 heteroatoms. The van der Waals surface area contributed by atoms with Crippen LogP contribution in [0.4, 0.5) is 4.39 Å². The van der Waals surface area contributed by atoms with Gasteiger partial charge in [0.15, 0.2) is 6.61 Å². The van der Waals surface area contributed by atoms with Crippen molar-refractivity contribution in [3.63, 3.8) is 0 Å². The summed E-state index contributed by atoms with van der Waals surface area (Å²) in [6.07, 6.45) is 0.916. The highest BCUT2D eigenvalue weighted by molar-refractivity contribution is 7.89. The van der Waals surface area contributed by atoms with E-state index >= 15 is 0 Å². The highest BCUT2D eigenvalue weighted by Gasteiger charge is 2.30. The zero-order chi connectivity index (χ0) is 23.5. The normalized spacial score (nSPS) is 15.0. The maximum absolute atomic E-state index is 14.3. The molecule has 0 saturated carbocycles. The van der Waals surface area contributed by atoms with Crippen molar-refractivity contribution in [1.29, 1.82) is 0 Å². The number of esters is 1. The molecule has 1 fully saturated rings. The second-order valence-corrected chi connectivity index (χ2v) is 9.50. The van der Waals surface area contributed by atoms with Crippen molar-refractivity contribution in [2.75, 3.05) is 32.9 Å². The van der Waals surface area contributed by atoms with Crippen LogP contribution in [0.15, 0.2) is 29.2 Å². The van der Waals surface area contributed by atoms with Gasteiger partial charge in [-0.25, -0.2) is 17.6 Å². The Kier molecular flexibility index (Phi) is 7.47. The minimum absolute atomic E-state index is 0.0986. The van der Waals surface area contributed by atoms with Gasteiger partial charge in [0.2, 0.25) is 15.8 Å². The summed E-state index contributed by atoms with van der Waals surface area (Å²) in [6, 6.07) is 4.74. The van der Waals surface area contributed by atoms with Crippen LogP contribution < -0.4 is 0 Å². The first-order chi connectivity index (χ1) is 15.2. The van der Waals surface area contributed by atoms with Gasteiger partial charge < -0.3 is 14.0 Å². The van der Waals surface area contributed by atoms with Gasteiger partial charge in [0.05, 0.1) is 18.8 Å². The number of Topliss-reactive ketones (excluding diaryl/α,β-unsaturated/α-hetero) is 1. The maximum atomic E-state index is 14.3. The number of hydrogen-bond acceptors (Lipinski definition) is 6. The van der Waals surface area contributed by atoms with E-state index in [0.29, 0.717) is 5.56 Å². The van der Waals surface area contributed by atoms with Gasteiger partial charge in [-0.15, -0.1) is 0 Å². The second kappa shape index (κ2) is 9.93. The fourth-order valence-corrected chi connectivity index (χ4v) is 5.20. The molecule has 3 rings (SSSR count). The predicted molar refractivity (Wildman–Crippen MR) is 115 cm³/mol. The first-order valence-corrected chi connectivity index (χ1v) is 11.8. The van der Waals surface area contributed by atoms with Gasteiger partial charge in [-0.1, -0.05) is 6.92 Å². The molecule has 0 unspecified atom stereocenters. The number of nitrogens with zero attached hydrogens (tertiary/aromatic N) is 2. The SMILES string of the molecule is CCCn1c(C)cc(C(=O)COC(=O)c2ccc(F)c(S(=O)(=O)N3CCOCC3)c2)c1C. The highest BCUT2D eigenvalue weighted by Crippen LogP contribution is 2.22. The average Bonchev–Trinajstić information content (AvgIpc) is 3.06. The quantitative estimate of drug-likeness (QED) is 0.439. The lowest BCUT2D eigenvalue weighted by Crippen LogP contribution is -2.41. The van der Waals surface area contributed by atoms with E-state index in [9.17, 15) is 22.4 Å². The Balaban J connectivity index is 1.74. The molecule has 8 nitrogen and oxygen atoms in total. The van der Waals surface area contributed by atoms with Crippen molar-refractivity contribution in [2.45, 2.75) is 38.6 Å². The Bertz CT molecular complexity index is 1120. The first-order valence-electron chi connectivity index (χ1n) is 10.4. The van der Waals surface area contributed by atoms with Crippen molar-refractivity contribution < 1.29 is 31.9 Å². The largest absolute Gasteiger partial charge is 0.454 e. The number of benzene rings is 1. The number of aryl methyl sites for hydroxylation is 1. The average molecular weight is 467 g/mol. The lowest BCUT2D eigenvalue weighted by atomic mass is 10.1. The van der Waals surface area contributed by atoms with Crippen LogP contribution in [0.25, 0.3) is 0 Å². The molecule has 0 spiro atoms. The number of ketones is 1. The zero-order valence-corrected chi connectivity index (χ0v) is 19.2. The number of morpholine rings is 1. The van der Waals surface area contributed by atoms with Crippen molar-refractivity contribution in [1.82, 2.24) is 8.87 Å². The fraction of sp³-hybridized carbons (Fsp3) is 0.455. The number of carbonyl (C=O) groups excluding carboxylic acids is 2. The molecule has 1 aromatic heterocycles. The fourth-order valence-electron chi connectivity index (χ4n) is 3.70. The lowest BCUT2D eigenvalue weighted by molar-refractivity contribution is 0.0474. The molecule has 2 heterocycles. The summed E-state index contributed by atoms with van der Waals surface area (Å²) in [5.74, 6) is -2.23. The van der Waals surface area contributed by atoms with E-state index in [1.165, 1.54) is 0 Å². The van der Waals surface area contributed by atoms with E-state index < -0.39 is 33.3 Å². The third kappa shape index (κ3) is 4.92. The van der Waals surface area contributed by atoms with Gasteiger partial charge >= 0.3 is 5.97 Å². The highest BCUT2D eigenvalue weighted by atomic mass is 32.2. The third-order valence-corrected chi connectivity index (χ3v) is 7.32. The van der Waals surface area contributed by atoms with E-state index in [2.05, 4.69) is 0 Å². The maximum Gasteiger partial charge on any atom is 0.338 e. The Labute approximate surface area is 187 Å². The van der Waals surface area contributed by atoms with E-state index in [-0.39, 0.29) is 37.6 Å². The van der Waals surface area contributed by atoms with Crippen LogP contribution in [0.1, 0.15) is 45.4 Å². The number of sulfonamides is 1. The Hall–Kier alpha value is -2.56. The minimum atomic E-state index is -4.14. The van der Waals surface area contributed by atoms with Crippen LogP contribution in [0.2, 0.25) is 0 Å². The summed E-state index contributed by atoms with van der Waals surface area (Å²) in [7, 11) is -4.14. The minimum Gasteiger partial charge on any atom is -0.454 e. The molecule has 1 aliphatic heterocycles. The lowest BCUT2D eigenvalue weighted by Gasteiger charge is -2.26. The summed E-state index contributed by atoms with van der Waals surface area (Å²) >= 11 is 0. The van der Waals surface area contributed by atoms with E-state index in [1.807, 2.05) is 25.3 Å². The van der Waals surface area contributed by atoms with Crippen molar-refractivity contribution in [3.05, 3.63) is 52.6 Å². The number of rotatable bonds is 8. The molecule has 174 valence electrons. The first kappa shape index (κ1) is 24.1. The van der Waals surface area contributed by atoms with Crippen molar-refractivity contribution >= 4 is 21.8 Å². The summed E-state index contributed by atoms with van der Waals surface area (Å²) < 4.78 is 53.3. The number of hydrogen-bond donors (Lipinski definition) is 0. The molecule has 0 radical (unpaired) electrons. The number of aromatic nitrogens is 1. The summed E-state index contributed by atoms with van der Waals surface area (Å²) in [5.41, 5.74) is 2.06. The molecular weight excluding hydrogens is 439 g/mol. The molecule has 1 aromatic carbocycles. The molecule has 0 N–H and O–H groups in total. The molecule has 0 bridgehead atoms. The van der Waals surface area contributed by atoms with Gasteiger partial charge in [-0.05, 0) is 44.5 Å². The third-order valence-electron chi connectivity index (χ3n) is 5.41. The molecule has 1 saturated heterocycles. The molecule has 32 heavy (non-hydrogen) atoms. The Morgan fingerprint density at radius 1 is 1.16 bits per heavy atom. The zero-order valence-electron chi connectivity index (χ0n) is 18.4. The van der Waals surface area contributed by atoms with Gasteiger partial charge in [0.1, 0.15) is 10.7 Å². The monoisotopic (exact) mass is 466 g/mol. The Morgan fingerprint density at radius 3 is 2.50 bits per heavy atom. The molecule has 1 aliphatic rings. The van der Waals surface area contributed by atoms with Gasteiger partial charge in [-0.2, -0.15) is 4.31 Å². The van der Waals surface area contributed by atoms with E-state index in [4.69, 9.17) is 9.47 Å². The molecule has 0 atom stereocenters. The van der Waals surface area contributed by atoms with Crippen LogP contribution in [0.3, 0.4) is 0 Å². The van der Waals surface area contributed by atoms with Gasteiger partial charge in [0, 0.05) is 36.6 Å². The molecule has 0 amide bonds. The Morgan fingerprint density at radius 2 is 1.84 bits per heavy atom. The van der Waals surface area contributed by atoms with Crippen LogP contribution >= 0.6 is 0 Å². The number of carbonyl (C=O) groups is 2. The number of halogens is 1. The summed E-state index contributed by atoms with van der Waals surface area (Å²) in [5, 5.41) is 0. The number of ether oxygens (including phenoxy) is 2. The summed E-state index contributed by atoms with van der Waals surface area (Å²) in [6.45, 7) is 6.67. The predicted octanol–water partition coefficient (Wildman–Crippen LogP) is 2.71. The van der Waals surface area contributed by atoms with Crippen LogP contribution in [-0.2, 0) is 26.0 Å². The summed E-state index contributed by atoms with van der Waals surface area (Å²) in [4.78, 5) is 24.5. The van der Waals surface area contributed by atoms with Crippen LogP contribution in [0.5, 0.6) is 0 Å². The standard InChI is InChI=1S/C22H27FN2O6S/c1-4-7-25-15(2)12-18(16(25)3)20(26)14-31-22(27)17-5-6-19(23)21(13-17)32(28,29)24-8-10-30-11-9-24/h5-6,12-13H,4,7-11,14H2,1-3H3. The van der Waals surface area contributed by atoms with Crippen molar-refractivity contribution in [2.24, 2.45) is 0 Å². The molecule has 0 aliphatic carbocycles. The molecular formula is C22H27FN2O6S. The van der Waals surface area contributed by atoms with Crippen molar-refractivity contribution in [3.8, 4) is 0 Å². The van der Waals surface area contributed by atoms with E-state index in [0.717, 1.165) is 46.9 Å². The van der Waals surface area contributed by atoms with Crippen LogP contribution in [-0.4, -0.2) is 62.0 Å². The molecule has 2 aromatic rings. The van der Waals surface area contributed by atoms with Gasteiger partial charge in [0.25, 0.3) is 0 Å². The van der Waals surface area contributed by atoms with E-state index in [1.54, 1.807) is 6.07 Å². The van der Waals surface area contributed by atoms with Gasteiger partial charge in [-0.3, -0.25) is 4.79 Å².